The van der Waals surface area contributed by atoms with Crippen LogP contribution < -0.4 is 4.74 Å². The fraction of sp³-hybridized carbons (Fsp3) is 0.120. The normalized spacial score (nSPS) is 11.4. The van der Waals surface area contributed by atoms with E-state index in [0.29, 0.717) is 27.8 Å². The second kappa shape index (κ2) is 8.01. The largest absolute Gasteiger partial charge is 0.497 e. The molecule has 7 heteroatoms. The molecule has 0 spiro atoms. The molecule has 2 heterocycles. The van der Waals surface area contributed by atoms with Gasteiger partial charge in [0.2, 0.25) is 0 Å². The van der Waals surface area contributed by atoms with Crippen LogP contribution in [0.2, 0.25) is 10.0 Å². The molecule has 0 fully saturated rings. The van der Waals surface area contributed by atoms with E-state index in [2.05, 4.69) is 4.98 Å². The summed E-state index contributed by atoms with van der Waals surface area (Å²) >= 11 is 12.3. The van der Waals surface area contributed by atoms with Gasteiger partial charge in [-0.2, -0.15) is 0 Å². The Hall–Kier alpha value is -3.28. The van der Waals surface area contributed by atoms with Gasteiger partial charge < -0.3 is 9.72 Å². The third kappa shape index (κ3) is 3.44. The van der Waals surface area contributed by atoms with Gasteiger partial charge in [0.05, 0.1) is 23.2 Å². The van der Waals surface area contributed by atoms with Crippen LogP contribution in [0.15, 0.2) is 60.7 Å². The molecule has 3 aromatic carbocycles. The Bertz CT molecular complexity index is 1480. The third-order valence-corrected chi connectivity index (χ3v) is 6.25. The number of hydrogen-bond donors (Lipinski definition) is 1. The molecule has 32 heavy (non-hydrogen) atoms. The molecule has 0 saturated carbocycles. The molecule has 0 amide bonds. The minimum Gasteiger partial charge on any atom is -0.497 e. The Morgan fingerprint density at radius 3 is 2.59 bits per heavy atom. The Morgan fingerprint density at radius 2 is 1.88 bits per heavy atom. The highest BCUT2D eigenvalue weighted by Crippen LogP contribution is 2.32. The van der Waals surface area contributed by atoms with Crippen molar-refractivity contribution in [3.63, 3.8) is 0 Å². The molecule has 0 bridgehead atoms. The van der Waals surface area contributed by atoms with Gasteiger partial charge in [-0.15, -0.1) is 0 Å². The predicted molar refractivity (Wildman–Crippen MR) is 128 cm³/mol. The number of nitrogens with one attached hydrogen (secondary N) is 1. The van der Waals surface area contributed by atoms with Crippen molar-refractivity contribution in [2.24, 2.45) is 0 Å². The van der Waals surface area contributed by atoms with E-state index in [1.807, 2.05) is 43.3 Å². The summed E-state index contributed by atoms with van der Waals surface area (Å²) in [7, 11) is 1.61. The SMILES string of the molecule is COc1ccc2c(Cc3nc4c(Cl)cccc4[nH]3)c(C)n(C(=O)c3ccc(Cl)cc3)c2c1. The van der Waals surface area contributed by atoms with E-state index in [9.17, 15) is 4.79 Å². The first-order valence-corrected chi connectivity index (χ1v) is 10.8. The average Bonchev–Trinajstić information content (AvgIpc) is 3.33. The number of hydrogen-bond acceptors (Lipinski definition) is 3. The third-order valence-electron chi connectivity index (χ3n) is 5.69. The van der Waals surface area contributed by atoms with Crippen molar-refractivity contribution in [2.75, 3.05) is 7.11 Å². The first-order chi connectivity index (χ1) is 15.5. The van der Waals surface area contributed by atoms with Gasteiger partial charge >= 0.3 is 0 Å². The van der Waals surface area contributed by atoms with Crippen LogP contribution in [-0.4, -0.2) is 27.6 Å². The number of methoxy groups -OCH3 is 1. The molecule has 1 N–H and O–H groups in total. The van der Waals surface area contributed by atoms with Crippen LogP contribution in [0.25, 0.3) is 21.9 Å². The first kappa shape index (κ1) is 20.6. The number of nitrogens with zero attached hydrogens (tertiary/aromatic N) is 2. The molecule has 0 atom stereocenters. The Morgan fingerprint density at radius 1 is 1.09 bits per heavy atom. The number of carbonyl (C=O) groups is 1. The van der Waals surface area contributed by atoms with Gasteiger partial charge in [0.25, 0.3) is 5.91 Å². The van der Waals surface area contributed by atoms with Crippen LogP contribution in [0.3, 0.4) is 0 Å². The average molecular weight is 464 g/mol. The summed E-state index contributed by atoms with van der Waals surface area (Å²) in [5.74, 6) is 1.34. The maximum atomic E-state index is 13.5. The van der Waals surface area contributed by atoms with Gasteiger partial charge in [-0.25, -0.2) is 4.98 Å². The zero-order valence-electron chi connectivity index (χ0n) is 17.4. The van der Waals surface area contributed by atoms with Crippen LogP contribution in [-0.2, 0) is 6.42 Å². The molecular weight excluding hydrogens is 445 g/mol. The zero-order valence-corrected chi connectivity index (χ0v) is 19.0. The maximum absolute atomic E-state index is 13.5. The number of rotatable bonds is 4. The summed E-state index contributed by atoms with van der Waals surface area (Å²) in [5.41, 5.74) is 4.82. The van der Waals surface area contributed by atoms with Crippen molar-refractivity contribution in [1.82, 2.24) is 14.5 Å². The van der Waals surface area contributed by atoms with Gasteiger partial charge in [0, 0.05) is 34.2 Å². The standard InChI is InChI=1S/C25H19Cl2N3O2/c1-14-19(13-23-28-21-5-3-4-20(27)24(21)29-23)18-11-10-17(32-2)12-22(18)30(14)25(31)15-6-8-16(26)9-7-15/h3-12H,13H2,1-2H3,(H,28,29). The molecule has 0 aliphatic carbocycles. The van der Waals surface area contributed by atoms with Crippen LogP contribution >= 0.6 is 23.2 Å². The summed E-state index contributed by atoms with van der Waals surface area (Å²) in [6, 6.07) is 18.3. The highest BCUT2D eigenvalue weighted by atomic mass is 35.5. The molecule has 5 rings (SSSR count). The lowest BCUT2D eigenvalue weighted by molar-refractivity contribution is 0.0963. The van der Waals surface area contributed by atoms with E-state index in [0.717, 1.165) is 39.0 Å². The van der Waals surface area contributed by atoms with E-state index in [1.165, 1.54) is 0 Å². The summed E-state index contributed by atoms with van der Waals surface area (Å²) < 4.78 is 7.15. The lowest BCUT2D eigenvalue weighted by atomic mass is 10.1. The first-order valence-electron chi connectivity index (χ1n) is 10.1. The van der Waals surface area contributed by atoms with Crippen molar-refractivity contribution in [3.8, 4) is 5.75 Å². The van der Waals surface area contributed by atoms with Crippen molar-refractivity contribution in [2.45, 2.75) is 13.3 Å². The predicted octanol–water partition coefficient (Wildman–Crippen LogP) is 6.42. The molecule has 160 valence electrons. The van der Waals surface area contributed by atoms with Gasteiger partial charge in [-0.05, 0) is 61.0 Å². The minimum atomic E-state index is -0.128. The number of carbonyl (C=O) groups excluding carboxylic acids is 1. The molecule has 5 aromatic rings. The van der Waals surface area contributed by atoms with Gasteiger partial charge in [0.1, 0.15) is 17.1 Å². The lowest BCUT2D eigenvalue weighted by Gasteiger charge is -2.08. The van der Waals surface area contributed by atoms with Crippen molar-refractivity contribution in [1.29, 1.82) is 0 Å². The fourth-order valence-electron chi connectivity index (χ4n) is 4.09. The molecule has 0 radical (unpaired) electrons. The number of imidazole rings is 1. The second-order valence-electron chi connectivity index (χ2n) is 7.59. The number of fused-ring (bicyclic) bond motifs is 2. The molecular formula is C25H19Cl2N3O2. The van der Waals surface area contributed by atoms with E-state index < -0.39 is 0 Å². The number of aromatic nitrogens is 3. The van der Waals surface area contributed by atoms with E-state index in [1.54, 1.807) is 35.9 Å². The molecule has 0 unspecified atom stereocenters. The number of halogens is 2. The number of ether oxygens (including phenoxy) is 1. The number of benzene rings is 3. The van der Waals surface area contributed by atoms with Crippen LogP contribution in [0.4, 0.5) is 0 Å². The summed E-state index contributed by atoms with van der Waals surface area (Å²) in [4.78, 5) is 21.5. The molecule has 5 nitrogen and oxygen atoms in total. The number of H-pyrrole nitrogens is 1. The monoisotopic (exact) mass is 463 g/mol. The Labute approximate surface area is 194 Å². The lowest BCUT2D eigenvalue weighted by Crippen LogP contribution is -2.13. The summed E-state index contributed by atoms with van der Waals surface area (Å²) in [6.45, 7) is 1.95. The minimum absolute atomic E-state index is 0.128. The number of aromatic amines is 1. The molecule has 0 aliphatic heterocycles. The highest BCUT2D eigenvalue weighted by Gasteiger charge is 2.21. The van der Waals surface area contributed by atoms with Gasteiger partial charge in [-0.1, -0.05) is 29.3 Å². The second-order valence-corrected chi connectivity index (χ2v) is 8.43. The highest BCUT2D eigenvalue weighted by molar-refractivity contribution is 6.34. The van der Waals surface area contributed by atoms with Crippen LogP contribution in [0, 0.1) is 6.92 Å². The van der Waals surface area contributed by atoms with E-state index in [4.69, 9.17) is 32.9 Å². The zero-order chi connectivity index (χ0) is 22.4. The fourth-order valence-corrected chi connectivity index (χ4v) is 4.44. The molecule has 0 saturated heterocycles. The van der Waals surface area contributed by atoms with E-state index in [-0.39, 0.29) is 5.91 Å². The van der Waals surface area contributed by atoms with Crippen LogP contribution in [0.1, 0.15) is 27.4 Å². The number of para-hydroxylation sites is 1. The quantitative estimate of drug-likeness (QED) is 0.334. The van der Waals surface area contributed by atoms with E-state index >= 15 is 0 Å². The maximum Gasteiger partial charge on any atom is 0.262 e. The Kier molecular flexibility index (Phi) is 5.16. The topological polar surface area (TPSA) is 59.9 Å². The summed E-state index contributed by atoms with van der Waals surface area (Å²) in [5, 5.41) is 2.16. The summed E-state index contributed by atoms with van der Waals surface area (Å²) in [6.07, 6.45) is 0.528. The van der Waals surface area contributed by atoms with Crippen molar-refractivity contribution >= 4 is 51.0 Å². The molecule has 0 aliphatic rings. The Balaban J connectivity index is 1.67. The van der Waals surface area contributed by atoms with Gasteiger partial charge in [-0.3, -0.25) is 9.36 Å². The van der Waals surface area contributed by atoms with Crippen molar-refractivity contribution < 1.29 is 9.53 Å². The van der Waals surface area contributed by atoms with Crippen molar-refractivity contribution in [3.05, 3.63) is 93.4 Å². The van der Waals surface area contributed by atoms with Crippen LogP contribution in [0.5, 0.6) is 5.75 Å². The smallest absolute Gasteiger partial charge is 0.262 e. The molecule has 2 aromatic heterocycles. The van der Waals surface area contributed by atoms with Gasteiger partial charge in [0.15, 0.2) is 0 Å².